The molecule has 0 saturated carbocycles. The number of ether oxygens (including phenoxy) is 2. The standard InChI is InChI=1S/C18H23N3O3/c1-18(2,3)21-17(22)12-8-13(11-19-10-12)20-15-9-14(23-4)6-7-16(15)24-5/h6-11,20H,1-5H3,(H,21,22). The molecule has 6 heteroatoms. The molecule has 0 atom stereocenters. The third-order valence-corrected chi connectivity index (χ3v) is 3.17. The molecule has 0 aliphatic carbocycles. The molecular weight excluding hydrogens is 306 g/mol. The van der Waals surface area contributed by atoms with Gasteiger partial charge < -0.3 is 20.1 Å². The molecule has 0 bridgehead atoms. The fourth-order valence-electron chi connectivity index (χ4n) is 2.11. The number of hydrogen-bond donors (Lipinski definition) is 2. The molecule has 2 aromatic rings. The molecule has 1 amide bonds. The van der Waals surface area contributed by atoms with Crippen LogP contribution < -0.4 is 20.1 Å². The zero-order valence-electron chi connectivity index (χ0n) is 14.6. The van der Waals surface area contributed by atoms with Gasteiger partial charge in [0, 0.05) is 17.8 Å². The smallest absolute Gasteiger partial charge is 0.253 e. The summed E-state index contributed by atoms with van der Waals surface area (Å²) < 4.78 is 10.6. The van der Waals surface area contributed by atoms with E-state index in [1.54, 1.807) is 26.5 Å². The first-order chi connectivity index (χ1) is 11.3. The van der Waals surface area contributed by atoms with E-state index < -0.39 is 0 Å². The summed E-state index contributed by atoms with van der Waals surface area (Å²) in [6, 6.07) is 7.19. The molecule has 1 aromatic carbocycles. The Morgan fingerprint density at radius 2 is 1.83 bits per heavy atom. The lowest BCUT2D eigenvalue weighted by atomic mass is 10.1. The topological polar surface area (TPSA) is 72.5 Å². The first-order valence-corrected chi connectivity index (χ1v) is 7.59. The number of amides is 1. The third kappa shape index (κ3) is 4.62. The van der Waals surface area contributed by atoms with Crippen molar-refractivity contribution in [3.8, 4) is 11.5 Å². The number of hydrogen-bond acceptors (Lipinski definition) is 5. The maximum Gasteiger partial charge on any atom is 0.253 e. The highest BCUT2D eigenvalue weighted by Crippen LogP contribution is 2.31. The van der Waals surface area contributed by atoms with Gasteiger partial charge in [0.25, 0.3) is 5.91 Å². The molecule has 0 unspecified atom stereocenters. The Morgan fingerprint density at radius 1 is 1.08 bits per heavy atom. The van der Waals surface area contributed by atoms with Gasteiger partial charge in [-0.15, -0.1) is 0 Å². The maximum absolute atomic E-state index is 12.3. The number of anilines is 2. The molecule has 2 rings (SSSR count). The Labute approximate surface area is 142 Å². The summed E-state index contributed by atoms with van der Waals surface area (Å²) in [7, 11) is 3.20. The SMILES string of the molecule is COc1ccc(OC)c(Nc2cncc(C(=O)NC(C)(C)C)c2)c1. The molecule has 0 spiro atoms. The van der Waals surface area contributed by atoms with Crippen LogP contribution in [0, 0.1) is 0 Å². The average Bonchev–Trinajstić information content (AvgIpc) is 2.53. The summed E-state index contributed by atoms with van der Waals surface area (Å²) in [5.41, 5.74) is 1.59. The number of aromatic nitrogens is 1. The monoisotopic (exact) mass is 329 g/mol. The van der Waals surface area contributed by atoms with Crippen LogP contribution in [0.5, 0.6) is 11.5 Å². The van der Waals surface area contributed by atoms with Gasteiger partial charge in [0.15, 0.2) is 0 Å². The number of pyridine rings is 1. The number of nitrogens with one attached hydrogen (secondary N) is 2. The lowest BCUT2D eigenvalue weighted by Gasteiger charge is -2.20. The van der Waals surface area contributed by atoms with Crippen molar-refractivity contribution < 1.29 is 14.3 Å². The minimum Gasteiger partial charge on any atom is -0.497 e. The van der Waals surface area contributed by atoms with Crippen LogP contribution >= 0.6 is 0 Å². The predicted octanol–water partition coefficient (Wildman–Crippen LogP) is 3.37. The summed E-state index contributed by atoms with van der Waals surface area (Å²) in [6.07, 6.45) is 3.18. The molecule has 0 radical (unpaired) electrons. The number of carbonyl (C=O) groups excluding carboxylic acids is 1. The lowest BCUT2D eigenvalue weighted by Crippen LogP contribution is -2.40. The van der Waals surface area contributed by atoms with Gasteiger partial charge in [-0.1, -0.05) is 0 Å². The second-order valence-corrected chi connectivity index (χ2v) is 6.36. The van der Waals surface area contributed by atoms with Crippen LogP contribution in [0.25, 0.3) is 0 Å². The molecule has 0 saturated heterocycles. The van der Waals surface area contributed by atoms with Crippen molar-refractivity contribution >= 4 is 17.3 Å². The quantitative estimate of drug-likeness (QED) is 0.880. The summed E-state index contributed by atoms with van der Waals surface area (Å²) in [5.74, 6) is 1.20. The van der Waals surface area contributed by atoms with E-state index in [1.807, 2.05) is 39.0 Å². The van der Waals surface area contributed by atoms with Crippen molar-refractivity contribution in [2.75, 3.05) is 19.5 Å². The highest BCUT2D eigenvalue weighted by molar-refractivity contribution is 5.95. The van der Waals surface area contributed by atoms with Crippen molar-refractivity contribution in [1.82, 2.24) is 10.3 Å². The summed E-state index contributed by atoms with van der Waals surface area (Å²) in [4.78, 5) is 16.4. The van der Waals surface area contributed by atoms with E-state index in [2.05, 4.69) is 15.6 Å². The first-order valence-electron chi connectivity index (χ1n) is 7.59. The van der Waals surface area contributed by atoms with E-state index in [4.69, 9.17) is 9.47 Å². The third-order valence-electron chi connectivity index (χ3n) is 3.17. The Balaban J connectivity index is 2.25. The summed E-state index contributed by atoms with van der Waals surface area (Å²) in [6.45, 7) is 5.80. The molecule has 0 aliphatic heterocycles. The summed E-state index contributed by atoms with van der Waals surface area (Å²) in [5, 5.41) is 6.12. The predicted molar refractivity (Wildman–Crippen MR) is 94.3 cm³/mol. The highest BCUT2D eigenvalue weighted by Gasteiger charge is 2.16. The summed E-state index contributed by atoms with van der Waals surface area (Å²) >= 11 is 0. The van der Waals surface area contributed by atoms with Crippen LogP contribution in [0.15, 0.2) is 36.7 Å². The number of methoxy groups -OCH3 is 2. The zero-order valence-corrected chi connectivity index (χ0v) is 14.6. The molecular formula is C18H23N3O3. The van der Waals surface area contributed by atoms with E-state index in [1.165, 1.54) is 6.20 Å². The van der Waals surface area contributed by atoms with Gasteiger partial charge in [-0.2, -0.15) is 0 Å². The van der Waals surface area contributed by atoms with Crippen LogP contribution in [-0.4, -0.2) is 30.6 Å². The second kappa shape index (κ2) is 7.21. The average molecular weight is 329 g/mol. The molecule has 0 fully saturated rings. The number of benzene rings is 1. The molecule has 1 aromatic heterocycles. The minimum atomic E-state index is -0.309. The fourth-order valence-corrected chi connectivity index (χ4v) is 2.11. The Hall–Kier alpha value is -2.76. The highest BCUT2D eigenvalue weighted by atomic mass is 16.5. The van der Waals surface area contributed by atoms with Gasteiger partial charge in [-0.3, -0.25) is 9.78 Å². The molecule has 1 heterocycles. The molecule has 0 aliphatic rings. The maximum atomic E-state index is 12.3. The largest absolute Gasteiger partial charge is 0.497 e. The Bertz CT molecular complexity index is 724. The van der Waals surface area contributed by atoms with Crippen molar-refractivity contribution in [2.24, 2.45) is 0 Å². The van der Waals surface area contributed by atoms with Gasteiger partial charge in [-0.25, -0.2) is 0 Å². The van der Waals surface area contributed by atoms with Gasteiger partial charge in [0.05, 0.1) is 37.4 Å². The van der Waals surface area contributed by atoms with Crippen molar-refractivity contribution in [2.45, 2.75) is 26.3 Å². The van der Waals surface area contributed by atoms with Crippen LogP contribution in [-0.2, 0) is 0 Å². The van der Waals surface area contributed by atoms with Gasteiger partial charge in [-0.05, 0) is 39.0 Å². The van der Waals surface area contributed by atoms with Crippen LogP contribution in [0.3, 0.4) is 0 Å². The Morgan fingerprint density at radius 3 is 2.46 bits per heavy atom. The first kappa shape index (κ1) is 17.6. The van der Waals surface area contributed by atoms with Crippen molar-refractivity contribution in [3.05, 3.63) is 42.2 Å². The number of carbonyl (C=O) groups is 1. The molecule has 2 N–H and O–H groups in total. The van der Waals surface area contributed by atoms with Crippen LogP contribution in [0.4, 0.5) is 11.4 Å². The van der Waals surface area contributed by atoms with E-state index in [0.29, 0.717) is 22.7 Å². The van der Waals surface area contributed by atoms with Gasteiger partial charge in [0.2, 0.25) is 0 Å². The van der Waals surface area contributed by atoms with E-state index in [-0.39, 0.29) is 11.4 Å². The zero-order chi connectivity index (χ0) is 17.7. The van der Waals surface area contributed by atoms with Crippen molar-refractivity contribution in [3.63, 3.8) is 0 Å². The van der Waals surface area contributed by atoms with E-state index >= 15 is 0 Å². The fraction of sp³-hybridized carbons (Fsp3) is 0.333. The normalized spacial score (nSPS) is 10.9. The molecule has 6 nitrogen and oxygen atoms in total. The molecule has 24 heavy (non-hydrogen) atoms. The molecule has 128 valence electrons. The van der Waals surface area contributed by atoms with Crippen molar-refractivity contribution in [1.29, 1.82) is 0 Å². The van der Waals surface area contributed by atoms with Gasteiger partial charge >= 0.3 is 0 Å². The van der Waals surface area contributed by atoms with Crippen LogP contribution in [0.1, 0.15) is 31.1 Å². The van der Waals surface area contributed by atoms with E-state index in [9.17, 15) is 4.79 Å². The van der Waals surface area contributed by atoms with E-state index in [0.717, 1.165) is 5.69 Å². The Kier molecular flexibility index (Phi) is 5.28. The minimum absolute atomic E-state index is 0.170. The lowest BCUT2D eigenvalue weighted by molar-refractivity contribution is 0.0919. The van der Waals surface area contributed by atoms with Gasteiger partial charge in [0.1, 0.15) is 11.5 Å². The number of rotatable bonds is 5. The van der Waals surface area contributed by atoms with Crippen LogP contribution in [0.2, 0.25) is 0 Å². The second-order valence-electron chi connectivity index (χ2n) is 6.36. The number of nitrogens with zero attached hydrogens (tertiary/aromatic N) is 1.